The number of carbonyl (C=O) groups excluding carboxylic acids is 1. The minimum Gasteiger partial charge on any atom is -0.322 e. The molecule has 2 nitrogen and oxygen atoms in total. The fourth-order valence-electron chi connectivity index (χ4n) is 2.38. The molecule has 0 heterocycles. The molecule has 1 N–H and O–H groups in total. The first kappa shape index (κ1) is 16.3. The third-order valence-corrected chi connectivity index (χ3v) is 4.77. The molecule has 0 fully saturated rings. The number of benzene rings is 3. The molecule has 0 aliphatic rings. The lowest BCUT2D eigenvalue weighted by atomic mass is 10.1. The minimum absolute atomic E-state index is 0.0666. The van der Waals surface area contributed by atoms with Crippen molar-refractivity contribution < 1.29 is 4.79 Å². The van der Waals surface area contributed by atoms with Crippen molar-refractivity contribution in [3.05, 3.63) is 95.6 Å². The summed E-state index contributed by atoms with van der Waals surface area (Å²) in [6, 6.07) is 25.8. The van der Waals surface area contributed by atoms with E-state index in [0.717, 1.165) is 22.6 Å². The first-order valence-corrected chi connectivity index (χ1v) is 8.85. The average molecular weight is 333 g/mol. The van der Waals surface area contributed by atoms with Crippen molar-refractivity contribution in [3.63, 3.8) is 0 Å². The van der Waals surface area contributed by atoms with E-state index in [4.69, 9.17) is 0 Å². The lowest BCUT2D eigenvalue weighted by Gasteiger charge is -2.10. The van der Waals surface area contributed by atoms with Gasteiger partial charge in [-0.1, -0.05) is 54.1 Å². The first-order valence-electron chi connectivity index (χ1n) is 7.86. The summed E-state index contributed by atoms with van der Waals surface area (Å²) in [6.45, 7) is 2.03. The molecule has 0 saturated carbocycles. The van der Waals surface area contributed by atoms with Gasteiger partial charge in [0.25, 0.3) is 5.91 Å². The second-order valence-corrected chi connectivity index (χ2v) is 6.63. The van der Waals surface area contributed by atoms with E-state index in [9.17, 15) is 4.79 Å². The fourth-order valence-corrected chi connectivity index (χ4v) is 3.30. The molecule has 0 bridgehead atoms. The van der Waals surface area contributed by atoms with Gasteiger partial charge in [-0.15, -0.1) is 11.8 Å². The number of aryl methyl sites for hydroxylation is 1. The van der Waals surface area contributed by atoms with Crippen LogP contribution in [0.25, 0.3) is 0 Å². The number of nitrogens with one attached hydrogen (secondary N) is 1. The van der Waals surface area contributed by atoms with Crippen LogP contribution in [0.2, 0.25) is 0 Å². The van der Waals surface area contributed by atoms with Crippen LogP contribution in [0.4, 0.5) is 5.69 Å². The van der Waals surface area contributed by atoms with Crippen LogP contribution >= 0.6 is 11.8 Å². The van der Waals surface area contributed by atoms with Crippen molar-refractivity contribution >= 4 is 23.4 Å². The molecule has 3 aromatic carbocycles. The van der Waals surface area contributed by atoms with Crippen LogP contribution in [0.5, 0.6) is 0 Å². The number of rotatable bonds is 5. The summed E-state index contributed by atoms with van der Waals surface area (Å²) in [7, 11) is 0. The van der Waals surface area contributed by atoms with Crippen molar-refractivity contribution in [2.45, 2.75) is 17.6 Å². The normalized spacial score (nSPS) is 10.4. The highest BCUT2D eigenvalue weighted by Crippen LogP contribution is 2.24. The molecular weight excluding hydrogens is 314 g/mol. The number of amides is 1. The van der Waals surface area contributed by atoms with E-state index >= 15 is 0 Å². The Labute approximate surface area is 146 Å². The highest BCUT2D eigenvalue weighted by molar-refractivity contribution is 7.98. The maximum Gasteiger partial charge on any atom is 0.255 e. The van der Waals surface area contributed by atoms with Crippen LogP contribution < -0.4 is 5.32 Å². The van der Waals surface area contributed by atoms with Crippen molar-refractivity contribution in [2.75, 3.05) is 5.32 Å². The topological polar surface area (TPSA) is 29.1 Å². The molecule has 0 saturated heterocycles. The highest BCUT2D eigenvalue weighted by atomic mass is 32.2. The number of anilines is 1. The van der Waals surface area contributed by atoms with Gasteiger partial charge in [-0.2, -0.15) is 0 Å². The lowest BCUT2D eigenvalue weighted by Crippen LogP contribution is -2.13. The monoisotopic (exact) mass is 333 g/mol. The van der Waals surface area contributed by atoms with Gasteiger partial charge in [0.1, 0.15) is 0 Å². The third kappa shape index (κ3) is 4.27. The Morgan fingerprint density at radius 3 is 2.29 bits per heavy atom. The summed E-state index contributed by atoms with van der Waals surface area (Å²) in [4.78, 5) is 13.8. The maximum atomic E-state index is 12.6. The van der Waals surface area contributed by atoms with Gasteiger partial charge in [0.05, 0.1) is 0 Å². The maximum absolute atomic E-state index is 12.6. The van der Waals surface area contributed by atoms with Gasteiger partial charge < -0.3 is 5.32 Å². The van der Waals surface area contributed by atoms with E-state index in [-0.39, 0.29) is 5.91 Å². The second-order valence-electron chi connectivity index (χ2n) is 5.58. The molecule has 0 radical (unpaired) electrons. The molecular formula is C21H19NOS. The van der Waals surface area contributed by atoms with Gasteiger partial charge in [-0.05, 0) is 42.8 Å². The standard InChI is InChI=1S/C21H19NOS/c1-16-11-13-18(14-12-16)22-21(23)20-10-6-5-7-17(20)15-24-19-8-3-2-4-9-19/h2-14H,15H2,1H3,(H,22,23). The van der Waals surface area contributed by atoms with Crippen LogP contribution in [0.1, 0.15) is 21.5 Å². The molecule has 0 aromatic heterocycles. The van der Waals surface area contributed by atoms with Crippen LogP contribution in [0.15, 0.2) is 83.8 Å². The summed E-state index contributed by atoms with van der Waals surface area (Å²) < 4.78 is 0. The second kappa shape index (κ2) is 7.84. The van der Waals surface area contributed by atoms with Crippen molar-refractivity contribution in [1.29, 1.82) is 0 Å². The number of thioether (sulfide) groups is 1. The summed E-state index contributed by atoms with van der Waals surface area (Å²) in [5.41, 5.74) is 3.75. The van der Waals surface area contributed by atoms with Gasteiger partial charge in [0.15, 0.2) is 0 Å². The molecule has 0 aliphatic heterocycles. The van der Waals surface area contributed by atoms with Gasteiger partial charge in [-0.25, -0.2) is 0 Å². The Morgan fingerprint density at radius 1 is 0.875 bits per heavy atom. The SMILES string of the molecule is Cc1ccc(NC(=O)c2ccccc2CSc2ccccc2)cc1. The predicted molar refractivity (Wildman–Crippen MR) is 102 cm³/mol. The lowest BCUT2D eigenvalue weighted by molar-refractivity contribution is 0.102. The quantitative estimate of drug-likeness (QED) is 0.621. The minimum atomic E-state index is -0.0666. The Morgan fingerprint density at radius 2 is 1.54 bits per heavy atom. The van der Waals surface area contributed by atoms with E-state index < -0.39 is 0 Å². The van der Waals surface area contributed by atoms with Gasteiger partial charge in [0.2, 0.25) is 0 Å². The zero-order valence-corrected chi connectivity index (χ0v) is 14.3. The largest absolute Gasteiger partial charge is 0.322 e. The van der Waals surface area contributed by atoms with E-state index in [1.54, 1.807) is 11.8 Å². The van der Waals surface area contributed by atoms with E-state index in [2.05, 4.69) is 17.4 Å². The number of carbonyl (C=O) groups is 1. The zero-order valence-electron chi connectivity index (χ0n) is 13.5. The Hall–Kier alpha value is -2.52. The molecule has 0 spiro atoms. The van der Waals surface area contributed by atoms with Crippen LogP contribution in [0, 0.1) is 6.92 Å². The summed E-state index contributed by atoms with van der Waals surface area (Å²) >= 11 is 1.73. The van der Waals surface area contributed by atoms with Crippen molar-refractivity contribution in [1.82, 2.24) is 0 Å². The van der Waals surface area contributed by atoms with Crippen molar-refractivity contribution in [2.24, 2.45) is 0 Å². The third-order valence-electron chi connectivity index (χ3n) is 3.71. The summed E-state index contributed by atoms with van der Waals surface area (Å²) in [6.07, 6.45) is 0. The first-order chi connectivity index (χ1) is 11.7. The molecule has 3 heteroatoms. The van der Waals surface area contributed by atoms with E-state index in [1.807, 2.05) is 73.7 Å². The molecule has 0 unspecified atom stereocenters. The van der Waals surface area contributed by atoms with E-state index in [1.165, 1.54) is 10.5 Å². The fraction of sp³-hybridized carbons (Fsp3) is 0.0952. The molecule has 120 valence electrons. The summed E-state index contributed by atoms with van der Waals surface area (Å²) in [5, 5.41) is 2.98. The molecule has 3 rings (SSSR count). The van der Waals surface area contributed by atoms with Crippen LogP contribution in [0.3, 0.4) is 0 Å². The van der Waals surface area contributed by atoms with Gasteiger partial charge in [-0.3, -0.25) is 4.79 Å². The highest BCUT2D eigenvalue weighted by Gasteiger charge is 2.11. The van der Waals surface area contributed by atoms with E-state index in [0.29, 0.717) is 0 Å². The molecule has 0 atom stereocenters. The van der Waals surface area contributed by atoms with Crippen LogP contribution in [-0.2, 0) is 5.75 Å². The Balaban J connectivity index is 1.73. The van der Waals surface area contributed by atoms with Gasteiger partial charge in [0, 0.05) is 21.9 Å². The molecule has 0 aliphatic carbocycles. The average Bonchev–Trinajstić information content (AvgIpc) is 2.63. The number of hydrogen-bond acceptors (Lipinski definition) is 2. The predicted octanol–water partition coefficient (Wildman–Crippen LogP) is 5.54. The Kier molecular flexibility index (Phi) is 5.34. The molecule has 24 heavy (non-hydrogen) atoms. The van der Waals surface area contributed by atoms with Gasteiger partial charge >= 0.3 is 0 Å². The zero-order chi connectivity index (χ0) is 16.8. The summed E-state index contributed by atoms with van der Waals surface area (Å²) in [5.74, 6) is 0.699. The van der Waals surface area contributed by atoms with Crippen molar-refractivity contribution in [3.8, 4) is 0 Å². The Bertz CT molecular complexity index is 813. The molecule has 3 aromatic rings. The smallest absolute Gasteiger partial charge is 0.255 e. The molecule has 1 amide bonds. The van der Waals surface area contributed by atoms with Crippen LogP contribution in [-0.4, -0.2) is 5.91 Å². The number of hydrogen-bond donors (Lipinski definition) is 1.